The first-order chi connectivity index (χ1) is 17.1. The van der Waals surface area contributed by atoms with Crippen LogP contribution in [0.3, 0.4) is 0 Å². The Balaban J connectivity index is 5.49. The van der Waals surface area contributed by atoms with Crippen molar-refractivity contribution in [3.05, 3.63) is 0 Å². The summed E-state index contributed by atoms with van der Waals surface area (Å²) in [6, 6.07) is 0. The maximum atomic E-state index is 6.35. The summed E-state index contributed by atoms with van der Waals surface area (Å²) in [6.07, 6.45) is 0. The molecule has 0 unspecified atom stereocenters. The third-order valence-corrected chi connectivity index (χ3v) is 5.78. The van der Waals surface area contributed by atoms with Crippen LogP contribution in [0.25, 0.3) is 0 Å². The normalized spacial score (nSPS) is 12.5. The Labute approximate surface area is 245 Å². The SMILES string of the molecule is SCCOCC(COCCS)(COCCS)COCC(COCCS)(COCCS)COCCS. The van der Waals surface area contributed by atoms with Gasteiger partial charge in [-0.15, -0.1) is 0 Å². The fraction of sp³-hybridized carbons (Fsp3) is 1.00. The van der Waals surface area contributed by atoms with E-state index in [0.29, 0.717) is 127 Å². The Hall–Kier alpha value is 1.82. The third-order valence-electron chi connectivity index (χ3n) is 4.68. The van der Waals surface area contributed by atoms with Crippen molar-refractivity contribution < 1.29 is 33.2 Å². The Morgan fingerprint density at radius 3 is 0.629 bits per heavy atom. The van der Waals surface area contributed by atoms with E-state index in [0.717, 1.165) is 0 Å². The van der Waals surface area contributed by atoms with Crippen molar-refractivity contribution in [3.8, 4) is 0 Å². The average molecular weight is 615 g/mol. The minimum absolute atomic E-state index is 0.367. The molecular formula is C22H46O7S6. The van der Waals surface area contributed by atoms with Crippen LogP contribution < -0.4 is 0 Å². The average Bonchev–Trinajstić information content (AvgIpc) is 2.85. The van der Waals surface area contributed by atoms with E-state index in [-0.39, 0.29) is 0 Å². The zero-order chi connectivity index (χ0) is 26.1. The molecule has 212 valence electrons. The zero-order valence-electron chi connectivity index (χ0n) is 20.7. The van der Waals surface area contributed by atoms with Gasteiger partial charge in [-0.3, -0.25) is 0 Å². The standard InChI is InChI=1S/C22H46O7S6/c30-7-1-23-13-21(14-24-2-8-31,15-25-3-9-32)19-29-20-22(16-26-4-10-33,17-27-5-11-34)18-28-6-12-35/h30-35H,1-20H2. The first-order valence-electron chi connectivity index (χ1n) is 11.8. The van der Waals surface area contributed by atoms with Gasteiger partial charge in [-0.1, -0.05) is 0 Å². The first kappa shape index (κ1) is 36.8. The molecule has 0 aliphatic rings. The summed E-state index contributed by atoms with van der Waals surface area (Å²) in [4.78, 5) is 0. The molecule has 0 spiro atoms. The quantitative estimate of drug-likeness (QED) is 0.0599. The maximum Gasteiger partial charge on any atom is 0.0637 e. The molecule has 0 amide bonds. The molecule has 0 atom stereocenters. The van der Waals surface area contributed by atoms with Gasteiger partial charge in [0.25, 0.3) is 0 Å². The van der Waals surface area contributed by atoms with Gasteiger partial charge >= 0.3 is 0 Å². The zero-order valence-corrected chi connectivity index (χ0v) is 26.0. The van der Waals surface area contributed by atoms with Crippen LogP contribution in [-0.2, 0) is 33.2 Å². The summed E-state index contributed by atoms with van der Waals surface area (Å²) in [6.45, 7) is 6.42. The van der Waals surface area contributed by atoms with Gasteiger partial charge in [0.1, 0.15) is 0 Å². The molecule has 0 heterocycles. The molecule has 0 aromatic heterocycles. The van der Waals surface area contributed by atoms with Gasteiger partial charge in [0.15, 0.2) is 0 Å². The van der Waals surface area contributed by atoms with Crippen molar-refractivity contribution in [1.29, 1.82) is 0 Å². The van der Waals surface area contributed by atoms with Gasteiger partial charge in [-0.05, 0) is 0 Å². The lowest BCUT2D eigenvalue weighted by Crippen LogP contribution is -2.46. The van der Waals surface area contributed by atoms with Crippen LogP contribution in [-0.4, -0.2) is 127 Å². The molecule has 35 heavy (non-hydrogen) atoms. The second-order valence-corrected chi connectivity index (χ2v) is 10.8. The summed E-state index contributed by atoms with van der Waals surface area (Å²) in [7, 11) is 0. The number of ether oxygens (including phenoxy) is 7. The highest BCUT2D eigenvalue weighted by Crippen LogP contribution is 2.25. The molecule has 0 aliphatic carbocycles. The molecule has 0 saturated heterocycles. The summed E-state index contributed by atoms with van der Waals surface area (Å²) in [5.41, 5.74) is -0.991. The molecule has 0 radical (unpaired) electrons. The summed E-state index contributed by atoms with van der Waals surface area (Å²) in [5, 5.41) is 0. The highest BCUT2D eigenvalue weighted by molar-refractivity contribution is 7.81. The van der Waals surface area contributed by atoms with Gasteiger partial charge in [0, 0.05) is 34.5 Å². The fourth-order valence-electron chi connectivity index (χ4n) is 3.10. The second kappa shape index (κ2) is 26.1. The van der Waals surface area contributed by atoms with E-state index in [2.05, 4.69) is 75.8 Å². The summed E-state index contributed by atoms with van der Waals surface area (Å²) in [5.74, 6) is 3.76. The lowest BCUT2D eigenvalue weighted by atomic mass is 9.90. The van der Waals surface area contributed by atoms with E-state index in [1.54, 1.807) is 0 Å². The van der Waals surface area contributed by atoms with Crippen molar-refractivity contribution in [2.24, 2.45) is 10.8 Å². The van der Waals surface area contributed by atoms with Crippen molar-refractivity contribution in [2.45, 2.75) is 0 Å². The predicted octanol–water partition coefficient (Wildman–Crippen LogP) is 2.65. The second-order valence-electron chi connectivity index (χ2n) is 8.15. The monoisotopic (exact) mass is 614 g/mol. The van der Waals surface area contributed by atoms with Crippen LogP contribution in [0.15, 0.2) is 0 Å². The van der Waals surface area contributed by atoms with Crippen LogP contribution in [0.5, 0.6) is 0 Å². The van der Waals surface area contributed by atoms with Gasteiger partial charge in [0.05, 0.1) is 103 Å². The van der Waals surface area contributed by atoms with Crippen molar-refractivity contribution >= 4 is 75.8 Å². The first-order valence-corrected chi connectivity index (χ1v) is 15.6. The fourth-order valence-corrected chi connectivity index (χ4v) is 3.88. The minimum atomic E-state index is -0.496. The molecule has 13 heteroatoms. The topological polar surface area (TPSA) is 64.6 Å². The molecular weight excluding hydrogens is 569 g/mol. The molecule has 0 fully saturated rings. The van der Waals surface area contributed by atoms with Crippen LogP contribution in [0.4, 0.5) is 0 Å². The summed E-state index contributed by atoms with van der Waals surface area (Å²) < 4.78 is 41.6. The highest BCUT2D eigenvalue weighted by Gasteiger charge is 2.36. The largest absolute Gasteiger partial charge is 0.380 e. The van der Waals surface area contributed by atoms with Gasteiger partial charge < -0.3 is 33.2 Å². The highest BCUT2D eigenvalue weighted by atomic mass is 32.1. The molecule has 0 aromatic carbocycles. The molecule has 0 rings (SSSR count). The summed E-state index contributed by atoms with van der Waals surface area (Å²) >= 11 is 25.5. The van der Waals surface area contributed by atoms with E-state index >= 15 is 0 Å². The molecule has 0 saturated carbocycles. The smallest absolute Gasteiger partial charge is 0.0637 e. The predicted molar refractivity (Wildman–Crippen MR) is 164 cm³/mol. The molecule has 0 aromatic rings. The third kappa shape index (κ3) is 19.5. The molecule has 0 aliphatic heterocycles. The van der Waals surface area contributed by atoms with Crippen LogP contribution in [0.2, 0.25) is 0 Å². The molecule has 0 bridgehead atoms. The number of hydrogen-bond acceptors (Lipinski definition) is 13. The Bertz CT molecular complexity index is 363. The number of thiol groups is 6. The van der Waals surface area contributed by atoms with E-state index in [1.807, 2.05) is 0 Å². The number of rotatable bonds is 28. The van der Waals surface area contributed by atoms with Gasteiger partial charge in [-0.25, -0.2) is 0 Å². The van der Waals surface area contributed by atoms with E-state index in [9.17, 15) is 0 Å². The van der Waals surface area contributed by atoms with Crippen LogP contribution >= 0.6 is 75.8 Å². The lowest BCUT2D eigenvalue weighted by Gasteiger charge is -2.36. The maximum absolute atomic E-state index is 6.35. The Morgan fingerprint density at radius 2 is 0.457 bits per heavy atom. The van der Waals surface area contributed by atoms with Crippen molar-refractivity contribution in [1.82, 2.24) is 0 Å². The molecule has 7 nitrogen and oxygen atoms in total. The van der Waals surface area contributed by atoms with Crippen LogP contribution in [0, 0.1) is 10.8 Å². The lowest BCUT2D eigenvalue weighted by molar-refractivity contribution is -0.138. The Morgan fingerprint density at radius 1 is 0.286 bits per heavy atom. The number of hydrogen-bond donors (Lipinski definition) is 6. The van der Waals surface area contributed by atoms with E-state index in [1.165, 1.54) is 0 Å². The van der Waals surface area contributed by atoms with E-state index in [4.69, 9.17) is 33.2 Å². The minimum Gasteiger partial charge on any atom is -0.380 e. The van der Waals surface area contributed by atoms with Crippen molar-refractivity contribution in [3.63, 3.8) is 0 Å². The van der Waals surface area contributed by atoms with Crippen molar-refractivity contribution in [2.75, 3.05) is 127 Å². The van der Waals surface area contributed by atoms with Crippen LogP contribution in [0.1, 0.15) is 0 Å². The molecule has 0 N–H and O–H groups in total. The van der Waals surface area contributed by atoms with E-state index < -0.39 is 10.8 Å². The van der Waals surface area contributed by atoms with Gasteiger partial charge in [-0.2, -0.15) is 75.8 Å². The van der Waals surface area contributed by atoms with Gasteiger partial charge in [0.2, 0.25) is 0 Å². The Kier molecular flexibility index (Phi) is 27.4.